The largest absolute Gasteiger partial charge is 0.379 e. The summed E-state index contributed by atoms with van der Waals surface area (Å²) in [5, 5.41) is 0. The molecule has 0 aromatic heterocycles. The molecule has 2 rings (SSSR count). The SMILES string of the molecule is CC(C)(CN)C1(c2cccc(Br)c2)COC1. The Morgan fingerprint density at radius 1 is 1.44 bits per heavy atom. The molecule has 1 aliphatic rings. The summed E-state index contributed by atoms with van der Waals surface area (Å²) in [6.45, 7) is 6.65. The molecule has 1 saturated heterocycles. The second-order valence-corrected chi connectivity index (χ2v) is 6.09. The zero-order valence-corrected chi connectivity index (χ0v) is 11.4. The van der Waals surface area contributed by atoms with Crippen molar-refractivity contribution in [2.75, 3.05) is 19.8 Å². The number of ether oxygens (including phenoxy) is 1. The fourth-order valence-electron chi connectivity index (χ4n) is 2.24. The minimum atomic E-state index is 0.0616. The quantitative estimate of drug-likeness (QED) is 0.926. The van der Waals surface area contributed by atoms with Gasteiger partial charge in [0.25, 0.3) is 0 Å². The van der Waals surface area contributed by atoms with Crippen LogP contribution in [0.3, 0.4) is 0 Å². The fraction of sp³-hybridized carbons (Fsp3) is 0.538. The van der Waals surface area contributed by atoms with Crippen LogP contribution >= 0.6 is 15.9 Å². The number of hydrogen-bond acceptors (Lipinski definition) is 2. The molecule has 88 valence electrons. The highest BCUT2D eigenvalue weighted by molar-refractivity contribution is 9.10. The molecule has 16 heavy (non-hydrogen) atoms. The first-order chi connectivity index (χ1) is 7.52. The summed E-state index contributed by atoms with van der Waals surface area (Å²) >= 11 is 3.52. The summed E-state index contributed by atoms with van der Waals surface area (Å²) in [6.07, 6.45) is 0. The van der Waals surface area contributed by atoms with Crippen LogP contribution in [0.15, 0.2) is 28.7 Å². The third-order valence-corrected chi connectivity index (χ3v) is 4.37. The normalized spacial score (nSPS) is 19.2. The Morgan fingerprint density at radius 2 is 2.12 bits per heavy atom. The van der Waals surface area contributed by atoms with Gasteiger partial charge in [-0.3, -0.25) is 0 Å². The van der Waals surface area contributed by atoms with Crippen LogP contribution in [-0.2, 0) is 10.2 Å². The van der Waals surface area contributed by atoms with Crippen molar-refractivity contribution in [3.05, 3.63) is 34.3 Å². The summed E-state index contributed by atoms with van der Waals surface area (Å²) < 4.78 is 6.56. The van der Waals surface area contributed by atoms with Crippen molar-refractivity contribution in [3.8, 4) is 0 Å². The highest BCUT2D eigenvalue weighted by Crippen LogP contribution is 2.47. The van der Waals surface area contributed by atoms with Crippen molar-refractivity contribution >= 4 is 15.9 Å². The zero-order valence-electron chi connectivity index (χ0n) is 9.79. The summed E-state index contributed by atoms with van der Waals surface area (Å²) in [5.41, 5.74) is 7.37. The van der Waals surface area contributed by atoms with E-state index in [9.17, 15) is 0 Å². The van der Waals surface area contributed by atoms with Crippen molar-refractivity contribution < 1.29 is 4.74 Å². The number of hydrogen-bond donors (Lipinski definition) is 1. The van der Waals surface area contributed by atoms with Gasteiger partial charge < -0.3 is 10.5 Å². The van der Waals surface area contributed by atoms with Crippen LogP contribution in [0.4, 0.5) is 0 Å². The number of benzene rings is 1. The van der Waals surface area contributed by atoms with Crippen LogP contribution in [-0.4, -0.2) is 19.8 Å². The second-order valence-electron chi connectivity index (χ2n) is 5.17. The molecule has 0 radical (unpaired) electrons. The lowest BCUT2D eigenvalue weighted by Gasteiger charge is -2.52. The fourth-order valence-corrected chi connectivity index (χ4v) is 2.64. The van der Waals surface area contributed by atoms with Gasteiger partial charge >= 0.3 is 0 Å². The van der Waals surface area contributed by atoms with Gasteiger partial charge in [-0.25, -0.2) is 0 Å². The van der Waals surface area contributed by atoms with Crippen molar-refractivity contribution in [1.82, 2.24) is 0 Å². The molecule has 1 aromatic rings. The first-order valence-electron chi connectivity index (χ1n) is 5.56. The van der Waals surface area contributed by atoms with E-state index < -0.39 is 0 Å². The Morgan fingerprint density at radius 3 is 2.56 bits per heavy atom. The summed E-state index contributed by atoms with van der Waals surface area (Å²) in [5.74, 6) is 0. The maximum atomic E-state index is 5.91. The van der Waals surface area contributed by atoms with Gasteiger partial charge in [0.1, 0.15) is 0 Å². The molecular weight excluding hydrogens is 266 g/mol. The molecular formula is C13H18BrNO. The Bertz CT molecular complexity index is 385. The maximum absolute atomic E-state index is 5.91. The summed E-state index contributed by atoms with van der Waals surface area (Å²) in [7, 11) is 0. The van der Waals surface area contributed by atoms with Crippen molar-refractivity contribution in [2.24, 2.45) is 11.1 Å². The lowest BCUT2D eigenvalue weighted by molar-refractivity contribution is -0.116. The molecule has 1 aliphatic heterocycles. The van der Waals surface area contributed by atoms with Gasteiger partial charge in [0.15, 0.2) is 0 Å². The van der Waals surface area contributed by atoms with Crippen LogP contribution in [0.2, 0.25) is 0 Å². The van der Waals surface area contributed by atoms with Gasteiger partial charge in [-0.2, -0.15) is 0 Å². The topological polar surface area (TPSA) is 35.2 Å². The molecule has 1 aromatic carbocycles. The van der Waals surface area contributed by atoms with Crippen molar-refractivity contribution in [1.29, 1.82) is 0 Å². The van der Waals surface area contributed by atoms with Crippen molar-refractivity contribution in [2.45, 2.75) is 19.3 Å². The monoisotopic (exact) mass is 283 g/mol. The molecule has 0 atom stereocenters. The average molecular weight is 284 g/mol. The Balaban J connectivity index is 2.43. The van der Waals surface area contributed by atoms with E-state index in [0.717, 1.165) is 17.7 Å². The van der Waals surface area contributed by atoms with E-state index in [1.807, 2.05) is 6.07 Å². The van der Waals surface area contributed by atoms with E-state index in [4.69, 9.17) is 10.5 Å². The van der Waals surface area contributed by atoms with Gasteiger partial charge in [0.2, 0.25) is 0 Å². The standard InChI is InChI=1S/C13H18BrNO/c1-12(2,7-15)13(8-16-9-13)10-4-3-5-11(14)6-10/h3-6H,7-9,15H2,1-2H3. The van der Waals surface area contributed by atoms with E-state index >= 15 is 0 Å². The Labute approximate surface area is 105 Å². The van der Waals surface area contributed by atoms with E-state index in [1.165, 1.54) is 5.56 Å². The van der Waals surface area contributed by atoms with Crippen LogP contribution in [0.1, 0.15) is 19.4 Å². The van der Waals surface area contributed by atoms with Gasteiger partial charge in [-0.05, 0) is 29.7 Å². The van der Waals surface area contributed by atoms with E-state index in [1.54, 1.807) is 0 Å². The molecule has 0 aliphatic carbocycles. The van der Waals surface area contributed by atoms with Crippen molar-refractivity contribution in [3.63, 3.8) is 0 Å². The third kappa shape index (κ3) is 1.71. The molecule has 2 N–H and O–H groups in total. The van der Waals surface area contributed by atoms with Gasteiger partial charge in [-0.15, -0.1) is 0 Å². The molecule has 0 saturated carbocycles. The molecule has 1 heterocycles. The van der Waals surface area contributed by atoms with Crippen LogP contribution < -0.4 is 5.73 Å². The zero-order chi connectivity index (χ0) is 11.8. The van der Waals surface area contributed by atoms with Gasteiger partial charge in [0, 0.05) is 9.89 Å². The average Bonchev–Trinajstić information content (AvgIpc) is 2.15. The predicted molar refractivity (Wildman–Crippen MR) is 69.5 cm³/mol. The summed E-state index contributed by atoms with van der Waals surface area (Å²) in [6, 6.07) is 8.48. The first kappa shape index (κ1) is 12.1. The molecule has 0 bridgehead atoms. The predicted octanol–water partition coefficient (Wildman–Crippen LogP) is 2.70. The minimum Gasteiger partial charge on any atom is -0.379 e. The first-order valence-corrected chi connectivity index (χ1v) is 6.35. The van der Waals surface area contributed by atoms with E-state index in [0.29, 0.717) is 6.54 Å². The van der Waals surface area contributed by atoms with Gasteiger partial charge in [0.05, 0.1) is 13.2 Å². The molecule has 3 heteroatoms. The maximum Gasteiger partial charge on any atom is 0.0591 e. The Kier molecular flexibility index (Phi) is 3.12. The minimum absolute atomic E-state index is 0.0616. The number of nitrogens with two attached hydrogens (primary N) is 1. The highest BCUT2D eigenvalue weighted by Gasteiger charge is 2.51. The third-order valence-electron chi connectivity index (χ3n) is 3.88. The molecule has 2 nitrogen and oxygen atoms in total. The van der Waals surface area contributed by atoms with Crippen LogP contribution in [0.5, 0.6) is 0 Å². The number of halogens is 1. The van der Waals surface area contributed by atoms with Gasteiger partial charge in [-0.1, -0.05) is 41.9 Å². The molecule has 0 spiro atoms. The lowest BCUT2D eigenvalue weighted by atomic mass is 9.60. The second kappa shape index (κ2) is 4.13. The lowest BCUT2D eigenvalue weighted by Crippen LogP contribution is -2.59. The van der Waals surface area contributed by atoms with E-state index in [2.05, 4.69) is 48.0 Å². The molecule has 1 fully saturated rings. The van der Waals surface area contributed by atoms with Crippen LogP contribution in [0.25, 0.3) is 0 Å². The summed E-state index contributed by atoms with van der Waals surface area (Å²) in [4.78, 5) is 0. The van der Waals surface area contributed by atoms with E-state index in [-0.39, 0.29) is 10.8 Å². The Hall–Kier alpha value is -0.380. The van der Waals surface area contributed by atoms with Crippen LogP contribution in [0, 0.1) is 5.41 Å². The molecule has 0 amide bonds. The molecule has 0 unspecified atom stereocenters. The highest BCUT2D eigenvalue weighted by atomic mass is 79.9. The smallest absolute Gasteiger partial charge is 0.0591 e. The number of rotatable bonds is 3.